The third-order valence-corrected chi connectivity index (χ3v) is 7.00. The fourth-order valence-corrected chi connectivity index (χ4v) is 4.53. The molecule has 1 aliphatic rings. The first-order valence-corrected chi connectivity index (χ1v) is 12.5. The Morgan fingerprint density at radius 1 is 1.07 bits per heavy atom. The second-order valence-electron chi connectivity index (χ2n) is 9.70. The first-order valence-electron chi connectivity index (χ1n) is 12.5. The second kappa shape index (κ2) is 15.2. The number of rotatable bonds is 15. The molecule has 2 nitrogen and oxygen atoms in total. The highest BCUT2D eigenvalue weighted by molar-refractivity contribution is 5.04. The summed E-state index contributed by atoms with van der Waals surface area (Å²) in [4.78, 5) is 0. The van der Waals surface area contributed by atoms with Crippen molar-refractivity contribution in [3.63, 3.8) is 0 Å². The lowest BCUT2D eigenvalue weighted by Crippen LogP contribution is -2.39. The van der Waals surface area contributed by atoms with Crippen molar-refractivity contribution in [2.45, 2.75) is 118 Å². The highest BCUT2D eigenvalue weighted by Crippen LogP contribution is 2.33. The fourth-order valence-electron chi connectivity index (χ4n) is 4.53. The van der Waals surface area contributed by atoms with Gasteiger partial charge in [0.15, 0.2) is 0 Å². The van der Waals surface area contributed by atoms with Gasteiger partial charge >= 0.3 is 0 Å². The quantitative estimate of drug-likeness (QED) is 0.223. The molecule has 0 radical (unpaired) electrons. The van der Waals surface area contributed by atoms with E-state index in [-0.39, 0.29) is 18.8 Å². The molecule has 29 heavy (non-hydrogen) atoms. The average Bonchev–Trinajstić information content (AvgIpc) is 2.70. The average molecular weight is 407 g/mol. The topological polar surface area (TPSA) is 29.5 Å². The molecule has 6 atom stereocenters. The highest BCUT2D eigenvalue weighted by atomic mass is 16.5. The maximum atomic E-state index is 9.87. The molecule has 0 aromatic carbocycles. The Balaban J connectivity index is 2.30. The van der Waals surface area contributed by atoms with Gasteiger partial charge in [0.2, 0.25) is 0 Å². The lowest BCUT2D eigenvalue weighted by atomic mass is 9.77. The first-order chi connectivity index (χ1) is 13.9. The molecule has 0 heterocycles. The fraction of sp³-hybridized carbons (Fsp3) is 0.852. The smallest absolute Gasteiger partial charge is 0.0809 e. The summed E-state index contributed by atoms with van der Waals surface area (Å²) in [6.45, 7) is 13.9. The molecule has 6 unspecified atom stereocenters. The summed E-state index contributed by atoms with van der Waals surface area (Å²) >= 11 is 0. The van der Waals surface area contributed by atoms with Crippen molar-refractivity contribution in [2.24, 2.45) is 23.7 Å². The molecule has 170 valence electrons. The molecule has 0 bridgehead atoms. The van der Waals surface area contributed by atoms with E-state index >= 15 is 0 Å². The van der Waals surface area contributed by atoms with Crippen molar-refractivity contribution in [3.05, 3.63) is 23.8 Å². The van der Waals surface area contributed by atoms with Crippen molar-refractivity contribution in [2.75, 3.05) is 6.61 Å². The number of unbranched alkanes of at least 4 members (excludes halogenated alkanes) is 2. The van der Waals surface area contributed by atoms with E-state index in [2.05, 4.69) is 59.8 Å². The number of allylic oxidation sites excluding steroid dienone is 3. The molecule has 0 aliphatic heterocycles. The zero-order valence-corrected chi connectivity index (χ0v) is 20.3. The Bertz CT molecular complexity index is 467. The van der Waals surface area contributed by atoms with E-state index in [1.807, 2.05) is 0 Å². The number of ether oxygens (including phenoxy) is 1. The molecule has 1 aliphatic carbocycles. The molecule has 0 aromatic rings. The van der Waals surface area contributed by atoms with Crippen LogP contribution in [0.3, 0.4) is 0 Å². The van der Waals surface area contributed by atoms with Gasteiger partial charge in [-0.15, -0.1) is 0 Å². The lowest BCUT2D eigenvalue weighted by Gasteiger charge is -2.38. The van der Waals surface area contributed by atoms with Gasteiger partial charge in [-0.2, -0.15) is 0 Å². The summed E-state index contributed by atoms with van der Waals surface area (Å²) in [5, 5.41) is 9.87. The molecule has 0 fully saturated rings. The van der Waals surface area contributed by atoms with Crippen molar-refractivity contribution < 1.29 is 9.84 Å². The van der Waals surface area contributed by atoms with Gasteiger partial charge in [0.1, 0.15) is 0 Å². The van der Waals surface area contributed by atoms with Crippen LogP contribution >= 0.6 is 0 Å². The summed E-state index contributed by atoms with van der Waals surface area (Å²) in [5.41, 5.74) is 1.56. The van der Waals surface area contributed by atoms with Crippen molar-refractivity contribution in [1.82, 2.24) is 0 Å². The molecule has 0 saturated carbocycles. The number of hydrogen-bond donors (Lipinski definition) is 1. The van der Waals surface area contributed by atoms with Gasteiger partial charge in [-0.25, -0.2) is 0 Å². The minimum Gasteiger partial charge on any atom is -0.394 e. The van der Waals surface area contributed by atoms with Gasteiger partial charge in [-0.3, -0.25) is 0 Å². The minimum atomic E-state index is -0.00820. The van der Waals surface area contributed by atoms with Gasteiger partial charge in [-0.1, -0.05) is 90.5 Å². The van der Waals surface area contributed by atoms with Crippen molar-refractivity contribution in [3.8, 4) is 0 Å². The van der Waals surface area contributed by atoms with E-state index in [0.717, 1.165) is 25.2 Å². The van der Waals surface area contributed by atoms with E-state index in [9.17, 15) is 5.11 Å². The van der Waals surface area contributed by atoms with Crippen LogP contribution < -0.4 is 0 Å². The summed E-state index contributed by atoms with van der Waals surface area (Å²) < 4.78 is 6.46. The normalized spacial score (nSPS) is 27.2. The van der Waals surface area contributed by atoms with Gasteiger partial charge in [-0.05, 0) is 56.8 Å². The summed E-state index contributed by atoms with van der Waals surface area (Å²) in [5.74, 6) is 2.33. The van der Waals surface area contributed by atoms with Crippen LogP contribution in [0, 0.1) is 23.7 Å². The number of aliphatic hydroxyl groups excluding tert-OH is 1. The zero-order valence-electron chi connectivity index (χ0n) is 20.3. The predicted octanol–water partition coefficient (Wildman–Crippen LogP) is 7.71. The first kappa shape index (κ1) is 26.4. The Morgan fingerprint density at radius 2 is 1.79 bits per heavy atom. The molecule has 2 heteroatoms. The third kappa shape index (κ3) is 10.3. The van der Waals surface area contributed by atoms with E-state index in [1.165, 1.54) is 44.9 Å². The molecule has 1 rings (SSSR count). The zero-order chi connectivity index (χ0) is 21.6. The lowest BCUT2D eigenvalue weighted by molar-refractivity contribution is -0.0926. The van der Waals surface area contributed by atoms with E-state index in [1.54, 1.807) is 5.57 Å². The molecule has 1 N–H and O–H groups in total. The van der Waals surface area contributed by atoms with E-state index in [0.29, 0.717) is 17.8 Å². The maximum Gasteiger partial charge on any atom is 0.0809 e. The summed E-state index contributed by atoms with van der Waals surface area (Å²) in [7, 11) is 0. The van der Waals surface area contributed by atoms with Crippen LogP contribution in [-0.2, 0) is 4.74 Å². The Kier molecular flexibility index (Phi) is 13.9. The Labute approximate surface area is 182 Å². The molecule has 0 amide bonds. The Morgan fingerprint density at radius 3 is 2.45 bits per heavy atom. The molecule has 0 saturated heterocycles. The van der Waals surface area contributed by atoms with Crippen LogP contribution in [0.25, 0.3) is 0 Å². The van der Waals surface area contributed by atoms with Gasteiger partial charge in [0.05, 0.1) is 18.8 Å². The predicted molar refractivity (Wildman–Crippen MR) is 127 cm³/mol. The Hall–Kier alpha value is -0.600. The van der Waals surface area contributed by atoms with Crippen LogP contribution in [0.5, 0.6) is 0 Å². The molecule has 0 spiro atoms. The van der Waals surface area contributed by atoms with Gasteiger partial charge in [0, 0.05) is 5.92 Å². The standard InChI is InChI=1S/C27H50O2/c1-7-9-10-13-21(3)14-11-15-22(4)16-12-17-26(20-28)29-27-24(6)23(5)18-19-25(27)8-2/h13,18-19,22-28H,7-12,14-17,20H2,1-6H3. The number of aliphatic hydroxyl groups is 1. The van der Waals surface area contributed by atoms with Crippen LogP contribution in [-0.4, -0.2) is 23.9 Å². The van der Waals surface area contributed by atoms with E-state index in [4.69, 9.17) is 4.74 Å². The van der Waals surface area contributed by atoms with E-state index < -0.39 is 0 Å². The van der Waals surface area contributed by atoms with Crippen LogP contribution in [0.15, 0.2) is 23.8 Å². The van der Waals surface area contributed by atoms with Gasteiger partial charge in [0.25, 0.3) is 0 Å². The van der Waals surface area contributed by atoms with Crippen LogP contribution in [0.2, 0.25) is 0 Å². The highest BCUT2D eigenvalue weighted by Gasteiger charge is 2.33. The second-order valence-corrected chi connectivity index (χ2v) is 9.70. The number of hydrogen-bond acceptors (Lipinski definition) is 2. The third-order valence-electron chi connectivity index (χ3n) is 7.00. The van der Waals surface area contributed by atoms with Gasteiger partial charge < -0.3 is 9.84 Å². The van der Waals surface area contributed by atoms with Crippen molar-refractivity contribution >= 4 is 0 Å². The monoisotopic (exact) mass is 406 g/mol. The molecular formula is C27H50O2. The van der Waals surface area contributed by atoms with Crippen molar-refractivity contribution in [1.29, 1.82) is 0 Å². The largest absolute Gasteiger partial charge is 0.394 e. The SMILES string of the molecule is CCCCC=C(C)CCCC(C)CCCC(CO)OC1C(CC)C=CC(C)C1C. The summed E-state index contributed by atoms with van der Waals surface area (Å²) in [6.07, 6.45) is 19.5. The maximum absolute atomic E-state index is 9.87. The van der Waals surface area contributed by atoms with Crippen LogP contribution in [0.1, 0.15) is 106 Å². The van der Waals surface area contributed by atoms with Crippen LogP contribution in [0.4, 0.5) is 0 Å². The molecule has 0 aromatic heterocycles. The summed E-state index contributed by atoms with van der Waals surface area (Å²) in [6, 6.07) is 0. The minimum absolute atomic E-state index is 0.00820. The molecular weight excluding hydrogens is 356 g/mol.